The number of rotatable bonds is 7. The Morgan fingerprint density at radius 2 is 1.93 bits per heavy atom. The molecule has 0 spiro atoms. The maximum absolute atomic E-state index is 12.6. The minimum atomic E-state index is -0.00737. The Balaban J connectivity index is 1.30. The molecule has 2 aromatic rings. The monoisotopic (exact) mass is 407 g/mol. The molecule has 2 aliphatic heterocycles. The summed E-state index contributed by atoms with van der Waals surface area (Å²) < 4.78 is 0. The SMILES string of the molecule is O=C(NCCCN1CCCCC1)c1ccnc(N2CCNC(c3ccccc3)C2)c1. The van der Waals surface area contributed by atoms with Crippen LogP contribution in [0, 0.1) is 0 Å². The van der Waals surface area contributed by atoms with Gasteiger partial charge in [-0.05, 0) is 56.6 Å². The average molecular weight is 408 g/mol. The van der Waals surface area contributed by atoms with Gasteiger partial charge in [0.25, 0.3) is 5.91 Å². The average Bonchev–Trinajstić information content (AvgIpc) is 2.83. The van der Waals surface area contributed by atoms with Crippen LogP contribution in [-0.4, -0.2) is 61.6 Å². The molecule has 2 fully saturated rings. The van der Waals surface area contributed by atoms with E-state index in [4.69, 9.17) is 0 Å². The molecule has 1 atom stereocenters. The molecule has 2 saturated heterocycles. The van der Waals surface area contributed by atoms with E-state index in [1.165, 1.54) is 37.9 Å². The fourth-order valence-corrected chi connectivity index (χ4v) is 4.39. The van der Waals surface area contributed by atoms with Gasteiger partial charge < -0.3 is 20.4 Å². The molecule has 4 rings (SSSR count). The third-order valence-electron chi connectivity index (χ3n) is 6.09. The highest BCUT2D eigenvalue weighted by atomic mass is 16.1. The maximum Gasteiger partial charge on any atom is 0.251 e. The summed E-state index contributed by atoms with van der Waals surface area (Å²) in [4.78, 5) is 21.9. The van der Waals surface area contributed by atoms with Crippen LogP contribution < -0.4 is 15.5 Å². The summed E-state index contributed by atoms with van der Waals surface area (Å²) in [5, 5.41) is 6.66. The summed E-state index contributed by atoms with van der Waals surface area (Å²) >= 11 is 0. The van der Waals surface area contributed by atoms with Gasteiger partial charge in [-0.25, -0.2) is 4.98 Å². The third kappa shape index (κ3) is 5.58. The predicted molar refractivity (Wildman–Crippen MR) is 121 cm³/mol. The number of hydrogen-bond acceptors (Lipinski definition) is 5. The highest BCUT2D eigenvalue weighted by Crippen LogP contribution is 2.21. The first-order chi connectivity index (χ1) is 14.8. The molecule has 0 aliphatic carbocycles. The lowest BCUT2D eigenvalue weighted by Gasteiger charge is -2.34. The quantitative estimate of drug-likeness (QED) is 0.691. The van der Waals surface area contributed by atoms with E-state index in [-0.39, 0.29) is 11.9 Å². The van der Waals surface area contributed by atoms with Crippen molar-refractivity contribution in [2.24, 2.45) is 0 Å². The highest BCUT2D eigenvalue weighted by Gasteiger charge is 2.22. The molecule has 3 heterocycles. The highest BCUT2D eigenvalue weighted by molar-refractivity contribution is 5.94. The number of pyridine rings is 1. The van der Waals surface area contributed by atoms with Crippen molar-refractivity contribution in [1.82, 2.24) is 20.5 Å². The Morgan fingerprint density at radius 3 is 2.77 bits per heavy atom. The smallest absolute Gasteiger partial charge is 0.251 e. The van der Waals surface area contributed by atoms with Crippen molar-refractivity contribution in [3.63, 3.8) is 0 Å². The molecule has 6 nitrogen and oxygen atoms in total. The van der Waals surface area contributed by atoms with Crippen molar-refractivity contribution in [1.29, 1.82) is 0 Å². The van der Waals surface area contributed by atoms with E-state index in [2.05, 4.69) is 49.7 Å². The van der Waals surface area contributed by atoms with Crippen LogP contribution >= 0.6 is 0 Å². The van der Waals surface area contributed by atoms with Crippen LogP contribution in [0.1, 0.15) is 47.6 Å². The second kappa shape index (κ2) is 10.5. The number of carbonyl (C=O) groups excluding carboxylic acids is 1. The normalized spacial score (nSPS) is 20.1. The van der Waals surface area contributed by atoms with E-state index in [1.807, 2.05) is 12.1 Å². The van der Waals surface area contributed by atoms with Crippen LogP contribution in [0.4, 0.5) is 5.82 Å². The second-order valence-corrected chi connectivity index (χ2v) is 8.28. The molecule has 0 bridgehead atoms. The number of benzene rings is 1. The predicted octanol–water partition coefficient (Wildman–Crippen LogP) is 2.84. The van der Waals surface area contributed by atoms with E-state index < -0.39 is 0 Å². The van der Waals surface area contributed by atoms with E-state index >= 15 is 0 Å². The minimum absolute atomic E-state index is 0.00737. The summed E-state index contributed by atoms with van der Waals surface area (Å²) in [6.45, 7) is 6.83. The fraction of sp³-hybridized carbons (Fsp3) is 0.500. The molecule has 30 heavy (non-hydrogen) atoms. The van der Waals surface area contributed by atoms with Crippen molar-refractivity contribution in [3.05, 3.63) is 59.8 Å². The number of amides is 1. The van der Waals surface area contributed by atoms with Crippen LogP contribution in [-0.2, 0) is 0 Å². The summed E-state index contributed by atoms with van der Waals surface area (Å²) in [6.07, 6.45) is 6.72. The van der Waals surface area contributed by atoms with Crippen molar-refractivity contribution in [3.8, 4) is 0 Å². The standard InChI is InChI=1S/C24H33N5O/c30-24(27-11-7-16-28-14-5-2-6-15-28)21-10-12-26-23(18-21)29-17-13-25-22(19-29)20-8-3-1-4-9-20/h1,3-4,8-10,12,18,22,25H,2,5-7,11,13-17,19H2,(H,27,30). The number of nitrogens with one attached hydrogen (secondary N) is 2. The first-order valence-electron chi connectivity index (χ1n) is 11.3. The fourth-order valence-electron chi connectivity index (χ4n) is 4.39. The molecule has 1 unspecified atom stereocenters. The van der Waals surface area contributed by atoms with Gasteiger partial charge in [-0.15, -0.1) is 0 Å². The Kier molecular flexibility index (Phi) is 7.32. The van der Waals surface area contributed by atoms with Gasteiger partial charge in [-0.1, -0.05) is 36.8 Å². The van der Waals surface area contributed by atoms with E-state index in [0.29, 0.717) is 5.56 Å². The number of nitrogens with zero attached hydrogens (tertiary/aromatic N) is 3. The Labute approximate surface area is 179 Å². The van der Waals surface area contributed by atoms with Gasteiger partial charge in [0.15, 0.2) is 0 Å². The Morgan fingerprint density at radius 1 is 1.10 bits per heavy atom. The van der Waals surface area contributed by atoms with Gasteiger partial charge in [0.1, 0.15) is 5.82 Å². The van der Waals surface area contributed by atoms with Crippen molar-refractivity contribution in [2.45, 2.75) is 31.7 Å². The number of aromatic nitrogens is 1. The van der Waals surface area contributed by atoms with Gasteiger partial charge >= 0.3 is 0 Å². The van der Waals surface area contributed by atoms with Crippen LogP contribution in [0.15, 0.2) is 48.7 Å². The Hall–Kier alpha value is -2.44. The topological polar surface area (TPSA) is 60.5 Å². The number of hydrogen-bond donors (Lipinski definition) is 2. The zero-order valence-corrected chi connectivity index (χ0v) is 17.7. The minimum Gasteiger partial charge on any atom is -0.353 e. The summed E-state index contributed by atoms with van der Waals surface area (Å²) in [7, 11) is 0. The zero-order valence-electron chi connectivity index (χ0n) is 17.7. The maximum atomic E-state index is 12.6. The molecule has 1 aromatic heterocycles. The first-order valence-corrected chi connectivity index (χ1v) is 11.3. The summed E-state index contributed by atoms with van der Waals surface area (Å²) in [5.41, 5.74) is 1.97. The van der Waals surface area contributed by atoms with Gasteiger partial charge in [-0.2, -0.15) is 0 Å². The van der Waals surface area contributed by atoms with Crippen LogP contribution in [0.25, 0.3) is 0 Å². The lowest BCUT2D eigenvalue weighted by Crippen LogP contribution is -2.46. The van der Waals surface area contributed by atoms with Gasteiger partial charge in [0.05, 0.1) is 0 Å². The molecule has 1 amide bonds. The van der Waals surface area contributed by atoms with E-state index in [1.54, 1.807) is 12.3 Å². The number of piperidine rings is 1. The molecule has 2 aliphatic rings. The van der Waals surface area contributed by atoms with E-state index in [9.17, 15) is 4.79 Å². The number of likely N-dealkylation sites (tertiary alicyclic amines) is 1. The molecule has 0 saturated carbocycles. The molecular formula is C24H33N5O. The van der Waals surface area contributed by atoms with E-state index in [0.717, 1.165) is 45.0 Å². The van der Waals surface area contributed by atoms with Gasteiger partial charge in [-0.3, -0.25) is 4.79 Å². The largest absolute Gasteiger partial charge is 0.353 e. The van der Waals surface area contributed by atoms with Crippen molar-refractivity contribution in [2.75, 3.05) is 50.7 Å². The van der Waals surface area contributed by atoms with Gasteiger partial charge in [0.2, 0.25) is 0 Å². The van der Waals surface area contributed by atoms with Crippen molar-refractivity contribution >= 4 is 11.7 Å². The molecule has 1 aromatic carbocycles. The second-order valence-electron chi connectivity index (χ2n) is 8.28. The molecule has 6 heteroatoms. The molecule has 160 valence electrons. The van der Waals surface area contributed by atoms with Crippen molar-refractivity contribution < 1.29 is 4.79 Å². The lowest BCUT2D eigenvalue weighted by molar-refractivity contribution is 0.0951. The molecule has 2 N–H and O–H groups in total. The number of carbonyl (C=O) groups is 1. The summed E-state index contributed by atoms with van der Waals surface area (Å²) in [6, 6.07) is 14.5. The molecular weight excluding hydrogens is 374 g/mol. The lowest BCUT2D eigenvalue weighted by atomic mass is 10.0. The number of anilines is 1. The zero-order chi connectivity index (χ0) is 20.6. The third-order valence-corrected chi connectivity index (χ3v) is 6.09. The summed E-state index contributed by atoms with van der Waals surface area (Å²) in [5.74, 6) is 0.866. The molecule has 0 radical (unpaired) electrons. The van der Waals surface area contributed by atoms with Crippen LogP contribution in [0.5, 0.6) is 0 Å². The first kappa shape index (κ1) is 20.8. The number of piperazine rings is 1. The van der Waals surface area contributed by atoms with Gasteiger partial charge in [0, 0.05) is 44.0 Å². The van der Waals surface area contributed by atoms with Crippen LogP contribution in [0.3, 0.4) is 0 Å². The van der Waals surface area contributed by atoms with Crippen LogP contribution in [0.2, 0.25) is 0 Å². The Bertz CT molecular complexity index is 806.